The quantitative estimate of drug-likeness (QED) is 0.432. The van der Waals surface area contributed by atoms with E-state index in [9.17, 15) is 21.6 Å². The van der Waals surface area contributed by atoms with Gasteiger partial charge in [0.1, 0.15) is 5.75 Å². The monoisotopic (exact) mass is 503 g/mol. The molecule has 0 saturated carbocycles. The smallest absolute Gasteiger partial charge is 0.261 e. The summed E-state index contributed by atoms with van der Waals surface area (Å²) in [5.41, 5.74) is 2.63. The molecule has 0 aliphatic carbocycles. The normalized spacial score (nSPS) is 11.5. The second kappa shape index (κ2) is 9.74. The summed E-state index contributed by atoms with van der Waals surface area (Å²) in [5, 5.41) is 2.43. The molecular weight excluding hydrogens is 478 g/mol. The number of nitrogens with one attached hydrogen (secondary N) is 3. The Morgan fingerprint density at radius 3 is 1.88 bits per heavy atom. The first kappa shape index (κ1) is 25.1. The maximum atomic E-state index is 12.8. The SMILES string of the molecule is CNC(=O)c1cc(S(=O)(=O)Nc2ccc(S(=O)(=O)Nc3ccc(C)c(C)c3)cc2)ccc1OC. The van der Waals surface area contributed by atoms with E-state index in [4.69, 9.17) is 4.74 Å². The summed E-state index contributed by atoms with van der Waals surface area (Å²) in [6, 6.07) is 14.4. The Balaban J connectivity index is 1.82. The van der Waals surface area contributed by atoms with Crippen molar-refractivity contribution < 1.29 is 26.4 Å². The Hall–Kier alpha value is -3.57. The predicted octanol–water partition coefficient (Wildman–Crippen LogP) is 3.27. The van der Waals surface area contributed by atoms with Crippen molar-refractivity contribution in [1.29, 1.82) is 0 Å². The van der Waals surface area contributed by atoms with Crippen molar-refractivity contribution in [3.63, 3.8) is 0 Å². The number of ether oxygens (including phenoxy) is 1. The van der Waals surface area contributed by atoms with Crippen molar-refractivity contribution >= 4 is 37.3 Å². The number of methoxy groups -OCH3 is 1. The lowest BCUT2D eigenvalue weighted by molar-refractivity contribution is 0.0960. The van der Waals surface area contributed by atoms with E-state index in [2.05, 4.69) is 14.8 Å². The van der Waals surface area contributed by atoms with Gasteiger partial charge in [0.25, 0.3) is 26.0 Å². The Morgan fingerprint density at radius 1 is 0.735 bits per heavy atom. The molecule has 3 N–H and O–H groups in total. The topological polar surface area (TPSA) is 131 Å². The molecule has 0 fully saturated rings. The number of benzene rings is 3. The summed E-state index contributed by atoms with van der Waals surface area (Å²) in [7, 11) is -5.13. The third-order valence-corrected chi connectivity index (χ3v) is 7.91. The average molecular weight is 504 g/mol. The summed E-state index contributed by atoms with van der Waals surface area (Å²) in [6.07, 6.45) is 0. The molecule has 0 heterocycles. The Labute approximate surface area is 199 Å². The second-order valence-electron chi connectivity index (χ2n) is 7.48. The highest BCUT2D eigenvalue weighted by Crippen LogP contribution is 2.25. The highest BCUT2D eigenvalue weighted by atomic mass is 32.2. The van der Waals surface area contributed by atoms with E-state index in [1.54, 1.807) is 12.1 Å². The van der Waals surface area contributed by atoms with E-state index in [0.29, 0.717) is 5.69 Å². The highest BCUT2D eigenvalue weighted by molar-refractivity contribution is 7.93. The van der Waals surface area contributed by atoms with E-state index >= 15 is 0 Å². The van der Waals surface area contributed by atoms with Crippen molar-refractivity contribution in [2.75, 3.05) is 23.6 Å². The summed E-state index contributed by atoms with van der Waals surface area (Å²) >= 11 is 0. The zero-order valence-electron chi connectivity index (χ0n) is 19.0. The molecule has 0 radical (unpaired) electrons. The highest BCUT2D eigenvalue weighted by Gasteiger charge is 2.20. The van der Waals surface area contributed by atoms with Crippen LogP contribution in [-0.2, 0) is 20.0 Å². The third kappa shape index (κ3) is 5.49. The first-order valence-electron chi connectivity index (χ1n) is 10.1. The van der Waals surface area contributed by atoms with Crippen LogP contribution in [0.1, 0.15) is 21.5 Å². The molecule has 0 atom stereocenters. The molecule has 0 spiro atoms. The van der Waals surface area contributed by atoms with Crippen LogP contribution in [0.4, 0.5) is 11.4 Å². The second-order valence-corrected chi connectivity index (χ2v) is 10.8. The van der Waals surface area contributed by atoms with Gasteiger partial charge in [-0.25, -0.2) is 16.8 Å². The largest absolute Gasteiger partial charge is 0.496 e. The number of aryl methyl sites for hydroxylation is 2. The molecule has 34 heavy (non-hydrogen) atoms. The molecule has 3 rings (SSSR count). The fourth-order valence-corrected chi connectivity index (χ4v) is 5.24. The van der Waals surface area contributed by atoms with Crippen LogP contribution in [0, 0.1) is 13.8 Å². The molecule has 0 aliphatic rings. The minimum absolute atomic E-state index is 0.0278. The summed E-state index contributed by atoms with van der Waals surface area (Å²) in [6.45, 7) is 3.81. The number of carbonyl (C=O) groups excluding carboxylic acids is 1. The lowest BCUT2D eigenvalue weighted by Gasteiger charge is -2.13. The van der Waals surface area contributed by atoms with E-state index in [1.807, 2.05) is 19.9 Å². The van der Waals surface area contributed by atoms with Crippen LogP contribution in [0.15, 0.2) is 70.5 Å². The van der Waals surface area contributed by atoms with Gasteiger partial charge >= 0.3 is 0 Å². The summed E-state index contributed by atoms with van der Waals surface area (Å²) < 4.78 is 61.1. The predicted molar refractivity (Wildman–Crippen MR) is 130 cm³/mol. The number of carbonyl (C=O) groups is 1. The molecule has 3 aromatic rings. The molecular formula is C23H25N3O6S2. The van der Waals surface area contributed by atoms with Gasteiger partial charge in [0.05, 0.1) is 22.5 Å². The van der Waals surface area contributed by atoms with Crippen LogP contribution in [0.3, 0.4) is 0 Å². The Bertz CT molecular complexity index is 1430. The number of rotatable bonds is 8. The molecule has 0 aromatic heterocycles. The van der Waals surface area contributed by atoms with E-state index in [0.717, 1.165) is 11.1 Å². The van der Waals surface area contributed by atoms with Crippen LogP contribution in [0.2, 0.25) is 0 Å². The van der Waals surface area contributed by atoms with Gasteiger partial charge in [0.2, 0.25) is 0 Å². The fourth-order valence-electron chi connectivity index (χ4n) is 3.10. The van der Waals surface area contributed by atoms with Crippen LogP contribution < -0.4 is 19.5 Å². The van der Waals surface area contributed by atoms with Gasteiger partial charge in [-0.15, -0.1) is 0 Å². The Kier molecular flexibility index (Phi) is 7.18. The third-order valence-electron chi connectivity index (χ3n) is 5.13. The fraction of sp³-hybridized carbons (Fsp3) is 0.174. The van der Waals surface area contributed by atoms with Crippen LogP contribution in [0.5, 0.6) is 5.75 Å². The molecule has 0 unspecified atom stereocenters. The molecule has 9 nitrogen and oxygen atoms in total. The average Bonchev–Trinajstić information content (AvgIpc) is 2.80. The van der Waals surface area contributed by atoms with Crippen molar-refractivity contribution in [2.45, 2.75) is 23.6 Å². The standard InChI is InChI=1S/C23H25N3O6S2/c1-15-5-6-18(13-16(15)2)26-33(28,29)19-9-7-17(8-10-19)25-34(30,31)20-11-12-22(32-4)21(14-20)23(27)24-3/h5-14,25-26H,1-4H3,(H,24,27). The number of amides is 1. The summed E-state index contributed by atoms with van der Waals surface area (Å²) in [4.78, 5) is 11.9. The van der Waals surface area contributed by atoms with Gasteiger partial charge in [-0.3, -0.25) is 14.2 Å². The lowest BCUT2D eigenvalue weighted by atomic mass is 10.1. The van der Waals surface area contributed by atoms with Gasteiger partial charge < -0.3 is 10.1 Å². The number of hydrogen-bond acceptors (Lipinski definition) is 6. The maximum Gasteiger partial charge on any atom is 0.261 e. The first-order valence-corrected chi connectivity index (χ1v) is 13.1. The van der Waals surface area contributed by atoms with Crippen LogP contribution in [0.25, 0.3) is 0 Å². The van der Waals surface area contributed by atoms with Crippen molar-refractivity contribution in [2.24, 2.45) is 0 Å². The molecule has 11 heteroatoms. The molecule has 1 amide bonds. The van der Waals surface area contributed by atoms with Crippen molar-refractivity contribution in [3.05, 3.63) is 77.4 Å². The minimum atomic E-state index is -4.06. The van der Waals surface area contributed by atoms with Crippen molar-refractivity contribution in [3.8, 4) is 5.75 Å². The Morgan fingerprint density at radius 2 is 1.29 bits per heavy atom. The maximum absolute atomic E-state index is 12.8. The molecule has 0 aliphatic heterocycles. The number of hydrogen-bond donors (Lipinski definition) is 3. The van der Waals surface area contributed by atoms with E-state index in [-0.39, 0.29) is 26.8 Å². The molecule has 0 saturated heterocycles. The van der Waals surface area contributed by atoms with Crippen LogP contribution >= 0.6 is 0 Å². The lowest BCUT2D eigenvalue weighted by Crippen LogP contribution is -2.20. The van der Waals surface area contributed by atoms with Crippen molar-refractivity contribution in [1.82, 2.24) is 5.32 Å². The molecule has 180 valence electrons. The zero-order chi connectivity index (χ0) is 25.1. The number of sulfonamides is 2. The van der Waals surface area contributed by atoms with E-state index in [1.165, 1.54) is 56.6 Å². The van der Waals surface area contributed by atoms with Gasteiger partial charge in [-0.1, -0.05) is 6.07 Å². The molecule has 3 aromatic carbocycles. The number of anilines is 2. The minimum Gasteiger partial charge on any atom is -0.496 e. The van der Waals surface area contributed by atoms with Gasteiger partial charge in [0, 0.05) is 18.4 Å². The van der Waals surface area contributed by atoms with Crippen LogP contribution in [-0.4, -0.2) is 36.9 Å². The first-order chi connectivity index (χ1) is 16.0. The van der Waals surface area contributed by atoms with Gasteiger partial charge in [0.15, 0.2) is 0 Å². The molecule has 0 bridgehead atoms. The zero-order valence-corrected chi connectivity index (χ0v) is 20.7. The van der Waals surface area contributed by atoms with Gasteiger partial charge in [-0.2, -0.15) is 0 Å². The van der Waals surface area contributed by atoms with Gasteiger partial charge in [-0.05, 0) is 79.6 Å². The summed E-state index contributed by atoms with van der Waals surface area (Å²) in [5.74, 6) is -0.274. The van der Waals surface area contributed by atoms with E-state index < -0.39 is 26.0 Å².